The summed E-state index contributed by atoms with van der Waals surface area (Å²) in [5, 5.41) is 0. The Bertz CT molecular complexity index is 491. The van der Waals surface area contributed by atoms with Gasteiger partial charge >= 0.3 is 0 Å². The van der Waals surface area contributed by atoms with Crippen LogP contribution in [0.2, 0.25) is 0 Å². The van der Waals surface area contributed by atoms with Gasteiger partial charge in [-0.1, -0.05) is 72.3 Å². The van der Waals surface area contributed by atoms with Crippen LogP contribution in [-0.2, 0) is 12.8 Å². The molecule has 0 heteroatoms. The summed E-state index contributed by atoms with van der Waals surface area (Å²) in [6.07, 6.45) is 3.15. The molecular weight excluding hydrogens is 216 g/mol. The lowest BCUT2D eigenvalue weighted by Gasteiger charge is -2.06. The van der Waals surface area contributed by atoms with Crippen LogP contribution in [0.5, 0.6) is 0 Å². The van der Waals surface area contributed by atoms with Crippen molar-refractivity contribution in [1.82, 2.24) is 0 Å². The zero-order valence-corrected chi connectivity index (χ0v) is 11.0. The summed E-state index contributed by atoms with van der Waals surface area (Å²) in [6, 6.07) is 19.3. The highest BCUT2D eigenvalue weighted by Gasteiger charge is 1.99. The Morgan fingerprint density at radius 3 is 2.22 bits per heavy atom. The van der Waals surface area contributed by atoms with Crippen LogP contribution in [0.1, 0.15) is 23.1 Å². The highest BCUT2D eigenvalue weighted by atomic mass is 14.0. The predicted molar refractivity (Wildman–Crippen MR) is 78.8 cm³/mol. The number of benzene rings is 2. The fourth-order valence-corrected chi connectivity index (χ4v) is 2.05. The molecule has 0 nitrogen and oxygen atoms in total. The van der Waals surface area contributed by atoms with Gasteiger partial charge in [0.1, 0.15) is 0 Å². The maximum atomic E-state index is 4.19. The van der Waals surface area contributed by atoms with Gasteiger partial charge in [-0.3, -0.25) is 0 Å². The van der Waals surface area contributed by atoms with Crippen LogP contribution in [0.25, 0.3) is 0 Å². The van der Waals surface area contributed by atoms with Crippen molar-refractivity contribution in [2.45, 2.75) is 26.2 Å². The zero-order chi connectivity index (χ0) is 12.8. The van der Waals surface area contributed by atoms with Crippen LogP contribution >= 0.6 is 0 Å². The van der Waals surface area contributed by atoms with Gasteiger partial charge in [-0.25, -0.2) is 0 Å². The average Bonchev–Trinajstić information content (AvgIpc) is 2.40. The van der Waals surface area contributed by atoms with E-state index in [0.29, 0.717) is 0 Å². The monoisotopic (exact) mass is 236 g/mol. The van der Waals surface area contributed by atoms with Crippen molar-refractivity contribution in [3.05, 3.63) is 83.4 Å². The molecule has 0 fully saturated rings. The largest absolute Gasteiger partial charge is 0.0995 e. The van der Waals surface area contributed by atoms with E-state index in [-0.39, 0.29) is 0 Å². The number of rotatable bonds is 5. The van der Waals surface area contributed by atoms with Gasteiger partial charge in [0, 0.05) is 0 Å². The van der Waals surface area contributed by atoms with Crippen LogP contribution in [0.15, 0.2) is 66.7 Å². The molecule has 0 amide bonds. The molecule has 0 aliphatic heterocycles. The molecule has 0 heterocycles. The highest BCUT2D eigenvalue weighted by molar-refractivity contribution is 5.25. The third-order valence-corrected chi connectivity index (χ3v) is 3.18. The van der Waals surface area contributed by atoms with E-state index >= 15 is 0 Å². The summed E-state index contributed by atoms with van der Waals surface area (Å²) in [7, 11) is 0. The molecule has 0 saturated carbocycles. The first-order valence-corrected chi connectivity index (χ1v) is 6.50. The van der Waals surface area contributed by atoms with Crippen molar-refractivity contribution < 1.29 is 0 Å². The lowest BCUT2D eigenvalue weighted by Crippen LogP contribution is -1.93. The summed E-state index contributed by atoms with van der Waals surface area (Å²) < 4.78 is 0. The number of hydrogen-bond acceptors (Lipinski definition) is 0. The molecule has 0 saturated heterocycles. The number of aryl methyl sites for hydroxylation is 2. The Balaban J connectivity index is 1.84. The van der Waals surface area contributed by atoms with Gasteiger partial charge in [-0.2, -0.15) is 0 Å². The molecule has 18 heavy (non-hydrogen) atoms. The van der Waals surface area contributed by atoms with Crippen LogP contribution in [0, 0.1) is 6.92 Å². The van der Waals surface area contributed by atoms with Crippen molar-refractivity contribution >= 4 is 0 Å². The molecule has 0 aliphatic rings. The fourth-order valence-electron chi connectivity index (χ4n) is 2.05. The molecule has 2 aromatic rings. The van der Waals surface area contributed by atoms with Crippen molar-refractivity contribution in [2.75, 3.05) is 0 Å². The Morgan fingerprint density at radius 1 is 0.889 bits per heavy atom. The van der Waals surface area contributed by atoms with E-state index in [4.69, 9.17) is 0 Å². The highest BCUT2D eigenvalue weighted by Crippen LogP contribution is 2.13. The predicted octanol–water partition coefficient (Wildman–Crippen LogP) is 4.73. The van der Waals surface area contributed by atoms with Gasteiger partial charge in [-0.05, 0) is 37.3 Å². The normalized spacial score (nSPS) is 10.3. The van der Waals surface area contributed by atoms with E-state index in [0.717, 1.165) is 19.3 Å². The Labute approximate surface area is 110 Å². The third-order valence-electron chi connectivity index (χ3n) is 3.18. The summed E-state index contributed by atoms with van der Waals surface area (Å²) in [4.78, 5) is 0. The molecule has 0 aliphatic carbocycles. The Kier molecular flexibility index (Phi) is 4.35. The smallest absolute Gasteiger partial charge is 0.00697 e. The van der Waals surface area contributed by atoms with Crippen LogP contribution in [0.4, 0.5) is 0 Å². The number of hydrogen-bond donors (Lipinski definition) is 0. The minimum Gasteiger partial charge on any atom is -0.0995 e. The molecule has 0 unspecified atom stereocenters. The number of allylic oxidation sites excluding steroid dienone is 1. The third kappa shape index (κ3) is 3.89. The van der Waals surface area contributed by atoms with E-state index in [9.17, 15) is 0 Å². The fraction of sp³-hybridized carbons (Fsp3) is 0.222. The summed E-state index contributed by atoms with van der Waals surface area (Å²) in [5.74, 6) is 0. The summed E-state index contributed by atoms with van der Waals surface area (Å²) >= 11 is 0. The van der Waals surface area contributed by atoms with Gasteiger partial charge in [0.2, 0.25) is 0 Å². The van der Waals surface area contributed by atoms with Gasteiger partial charge < -0.3 is 0 Å². The lowest BCUT2D eigenvalue weighted by molar-refractivity contribution is 0.904. The minimum atomic E-state index is 0.993. The van der Waals surface area contributed by atoms with E-state index in [2.05, 4.69) is 68.1 Å². The summed E-state index contributed by atoms with van der Waals surface area (Å²) in [6.45, 7) is 6.31. The SMILES string of the molecule is C=C(CCc1ccccc1)Cc1ccc(C)cc1. The minimum absolute atomic E-state index is 0.993. The lowest BCUT2D eigenvalue weighted by atomic mass is 9.99. The van der Waals surface area contributed by atoms with E-state index in [1.807, 2.05) is 0 Å². The second-order valence-corrected chi connectivity index (χ2v) is 4.90. The maximum absolute atomic E-state index is 4.19. The molecule has 0 bridgehead atoms. The van der Waals surface area contributed by atoms with E-state index < -0.39 is 0 Å². The van der Waals surface area contributed by atoms with Gasteiger partial charge in [-0.15, -0.1) is 0 Å². The van der Waals surface area contributed by atoms with Crippen LogP contribution < -0.4 is 0 Å². The molecule has 2 rings (SSSR count). The Morgan fingerprint density at radius 2 is 1.56 bits per heavy atom. The Hall–Kier alpha value is -1.82. The van der Waals surface area contributed by atoms with Crippen LogP contribution in [0.3, 0.4) is 0 Å². The molecule has 0 spiro atoms. The van der Waals surface area contributed by atoms with E-state index in [1.54, 1.807) is 0 Å². The second-order valence-electron chi connectivity index (χ2n) is 4.90. The average molecular weight is 236 g/mol. The van der Waals surface area contributed by atoms with E-state index in [1.165, 1.54) is 22.3 Å². The van der Waals surface area contributed by atoms with Crippen molar-refractivity contribution in [3.8, 4) is 0 Å². The summed E-state index contributed by atoms with van der Waals surface area (Å²) in [5.41, 5.74) is 5.37. The quantitative estimate of drug-likeness (QED) is 0.658. The first-order chi connectivity index (χ1) is 8.74. The molecular formula is C18H20. The first kappa shape index (κ1) is 12.6. The molecule has 2 aromatic carbocycles. The van der Waals surface area contributed by atoms with Crippen molar-refractivity contribution in [1.29, 1.82) is 0 Å². The second kappa shape index (κ2) is 6.20. The van der Waals surface area contributed by atoms with Gasteiger partial charge in [0.15, 0.2) is 0 Å². The van der Waals surface area contributed by atoms with Gasteiger partial charge in [0.25, 0.3) is 0 Å². The maximum Gasteiger partial charge on any atom is -0.00697 e. The molecule has 0 N–H and O–H groups in total. The standard InChI is InChI=1S/C18H20/c1-15-8-12-18(13-9-15)14-16(2)10-11-17-6-4-3-5-7-17/h3-9,12-13H,2,10-11,14H2,1H3. The molecule has 0 aromatic heterocycles. The zero-order valence-electron chi connectivity index (χ0n) is 11.0. The molecule has 92 valence electrons. The van der Waals surface area contributed by atoms with Crippen LogP contribution in [-0.4, -0.2) is 0 Å². The molecule has 0 radical (unpaired) electrons. The topological polar surface area (TPSA) is 0 Å². The van der Waals surface area contributed by atoms with Crippen molar-refractivity contribution in [2.24, 2.45) is 0 Å². The molecule has 0 atom stereocenters. The first-order valence-electron chi connectivity index (χ1n) is 6.50. The van der Waals surface area contributed by atoms with Gasteiger partial charge in [0.05, 0.1) is 0 Å². The van der Waals surface area contributed by atoms with Crippen molar-refractivity contribution in [3.63, 3.8) is 0 Å².